The Balaban J connectivity index is 0.000000111. The first-order valence-electron chi connectivity index (χ1n) is 52.5. The molecule has 9 atom stereocenters. The molecule has 9 N–H and O–H groups in total. The molecule has 770 valence electrons. The van der Waals surface area contributed by atoms with Gasteiger partial charge in [-0.15, -0.1) is 0 Å². The topological polar surface area (TPSA) is 329 Å². The molecular formula is C111H135Cl8N15O10. The molecule has 0 spiro atoms. The predicted molar refractivity (Wildman–Crippen MR) is 568 cm³/mol. The number of imidazole rings is 7. The molecule has 24 rings (SSSR count). The highest BCUT2D eigenvalue weighted by Gasteiger charge is 2.40. The summed E-state index contributed by atoms with van der Waals surface area (Å²) >= 11 is 49.5. The molecule has 9 aliphatic carbocycles. The van der Waals surface area contributed by atoms with Gasteiger partial charge in [-0.1, -0.05) is 251 Å². The molecule has 33 heteroatoms. The van der Waals surface area contributed by atoms with Gasteiger partial charge in [0.1, 0.15) is 5.76 Å². The van der Waals surface area contributed by atoms with Crippen molar-refractivity contribution in [3.8, 4) is 11.1 Å². The highest BCUT2D eigenvalue weighted by molar-refractivity contribution is 6.45. The van der Waals surface area contributed by atoms with E-state index < -0.39 is 42.7 Å². The summed E-state index contributed by atoms with van der Waals surface area (Å²) in [6.07, 6.45) is 63.5. The van der Waals surface area contributed by atoms with Gasteiger partial charge in [-0.05, 0) is 230 Å². The first-order chi connectivity index (χ1) is 69.8. The van der Waals surface area contributed by atoms with Crippen molar-refractivity contribution in [3.05, 3.63) is 251 Å². The van der Waals surface area contributed by atoms with Gasteiger partial charge in [0.2, 0.25) is 0 Å². The monoisotopic (exact) mass is 2120 g/mol. The summed E-state index contributed by atoms with van der Waals surface area (Å²) in [5.74, 6) is 4.20. The van der Waals surface area contributed by atoms with Crippen molar-refractivity contribution in [2.24, 2.45) is 41.4 Å². The summed E-state index contributed by atoms with van der Waals surface area (Å²) in [6, 6.07) is 19.6. The fourth-order valence-electron chi connectivity index (χ4n) is 23.9. The second kappa shape index (κ2) is 48.7. The molecule has 144 heavy (non-hydrogen) atoms. The van der Waals surface area contributed by atoms with Crippen LogP contribution in [0, 0.1) is 55.3 Å². The van der Waals surface area contributed by atoms with Crippen molar-refractivity contribution in [3.63, 3.8) is 0 Å². The Bertz CT molecular complexity index is 6760. The van der Waals surface area contributed by atoms with Crippen LogP contribution in [0.1, 0.15) is 367 Å². The predicted octanol–water partition coefficient (Wildman–Crippen LogP) is 27.6. The average Bonchev–Trinajstić information content (AvgIpc) is 1.64. The lowest BCUT2D eigenvalue weighted by atomic mass is 9.80. The van der Waals surface area contributed by atoms with Crippen LogP contribution in [0.4, 0.5) is 0 Å². The lowest BCUT2D eigenvalue weighted by Crippen LogP contribution is -2.31. The van der Waals surface area contributed by atoms with Crippen LogP contribution in [-0.4, -0.2) is 129 Å². The molecule has 0 aromatic carbocycles. The smallest absolute Gasteiger partial charge is 0.141 e. The van der Waals surface area contributed by atoms with Crippen molar-refractivity contribution in [2.75, 3.05) is 0 Å². The van der Waals surface area contributed by atoms with E-state index in [1.54, 1.807) is 87.0 Å². The Labute approximate surface area is 880 Å². The van der Waals surface area contributed by atoms with Crippen LogP contribution in [0.25, 0.3) is 49.7 Å². The van der Waals surface area contributed by atoms with Crippen LogP contribution in [0.15, 0.2) is 153 Å². The molecule has 0 amide bonds. The number of pyridine rings is 7. The van der Waals surface area contributed by atoms with Crippen LogP contribution in [0.2, 0.25) is 40.2 Å². The highest BCUT2D eigenvalue weighted by Crippen LogP contribution is 2.51. The number of hydrogen-bond donors (Lipinski definition) is 9. The quantitative estimate of drug-likeness (QED) is 0.0363. The van der Waals surface area contributed by atoms with E-state index in [1.807, 2.05) is 71.2 Å². The molecule has 15 aromatic rings. The van der Waals surface area contributed by atoms with Crippen LogP contribution in [0.5, 0.6) is 0 Å². The van der Waals surface area contributed by atoms with E-state index in [1.165, 1.54) is 159 Å². The highest BCUT2D eigenvalue weighted by atomic mass is 35.5. The largest absolute Gasteiger partial charge is 0.393 e. The van der Waals surface area contributed by atoms with Crippen molar-refractivity contribution < 1.29 is 50.5 Å². The zero-order chi connectivity index (χ0) is 101. The molecule has 15 heterocycles. The third kappa shape index (κ3) is 24.2. The maximum Gasteiger partial charge on any atom is 0.141 e. The van der Waals surface area contributed by atoms with Crippen molar-refractivity contribution in [1.29, 1.82) is 0 Å². The Morgan fingerprint density at radius 2 is 0.674 bits per heavy atom. The maximum absolute atomic E-state index is 11.2. The zero-order valence-electron chi connectivity index (χ0n) is 82.0. The summed E-state index contributed by atoms with van der Waals surface area (Å²) in [7, 11) is 0. The van der Waals surface area contributed by atoms with Crippen molar-refractivity contribution in [1.82, 2.24) is 70.8 Å². The van der Waals surface area contributed by atoms with E-state index in [0.29, 0.717) is 87.1 Å². The second-order valence-electron chi connectivity index (χ2n) is 41.8. The number of nitrogens with zero attached hydrogens (tertiary/aromatic N) is 15. The number of halogens is 8. The van der Waals surface area contributed by atoms with Crippen molar-refractivity contribution in [2.45, 2.75) is 331 Å². The Morgan fingerprint density at radius 3 is 1.14 bits per heavy atom. The lowest BCUT2D eigenvalue weighted by Gasteiger charge is -2.32. The van der Waals surface area contributed by atoms with Crippen LogP contribution in [0.3, 0.4) is 0 Å². The van der Waals surface area contributed by atoms with Gasteiger partial charge < -0.3 is 59.3 Å². The Morgan fingerprint density at radius 1 is 0.319 bits per heavy atom. The molecular weight excluding hydrogens is 1990 g/mol. The molecule has 0 radical (unpaired) electrons. The van der Waals surface area contributed by atoms with Gasteiger partial charge >= 0.3 is 0 Å². The van der Waals surface area contributed by atoms with Gasteiger partial charge in [0.25, 0.3) is 0 Å². The number of fused-ring (bicyclic) bond motifs is 7. The number of aryl methyl sites for hydroxylation is 2. The average molecular weight is 2120 g/mol. The zero-order valence-corrected chi connectivity index (χ0v) is 88.0. The van der Waals surface area contributed by atoms with Gasteiger partial charge in [0.05, 0.1) is 267 Å². The molecule has 9 saturated carbocycles. The minimum absolute atomic E-state index is 0.0516. The van der Waals surface area contributed by atoms with E-state index in [9.17, 15) is 46.0 Å². The fraction of sp³-hybridized carbons (Fsp3) is 0.532. The fourth-order valence-corrected chi connectivity index (χ4v) is 25.6. The molecule has 25 nitrogen and oxygen atoms in total. The third-order valence-corrected chi connectivity index (χ3v) is 35.3. The summed E-state index contributed by atoms with van der Waals surface area (Å²) in [4.78, 5) is 29.1. The first-order valence-corrected chi connectivity index (χ1v) is 55.5. The van der Waals surface area contributed by atoms with Gasteiger partial charge in [0.15, 0.2) is 0 Å². The standard InChI is InChI=1S/C19H23N3O2.2C17H22N2O2.2C15H18Cl2N2O.2C14H16Cl2N2O/c1-12-17(13(2)24-21-12)16-9-8-15-10-20-11-22(15)18(16)19(23)14-6-4-3-5-7-14;20-14-6-3-12(4-7-14)17(21)16-15(11-1-2-11)8-5-13-9-18-10-19(13)16;20-15-4-2-1-3-14(15)17(21)16-13(11-5-6-11)8-7-12-9-18-10-19(12)16;16-11-7-12(19-9-18-8-13(19)15(11)17)14(20)6-10-4-2-1-3-5-10;16-12-7-11-8-18-9-19(11)15(14(12)17)13(20)6-10-4-2-1-3-5-10;15-10-6-11(14(19)9-4-2-1-3-5-9)18-8-17-7-12(18)13(10)16;15-11-6-10-7-17-8-18(10)13(12(11)16)14(19)9-4-2-1-3-5-9/h8-11,14,19,23H,3-7H2,1-2H3;5,8-12,14,17,20-21H,1-4,6-7H2;7-11,14-15,17,20-21H,1-6H2;7-10,14,20H,1-6H2;7-10,13,20H,1-6H2;2*6-9,14,19H,1-5H2. The molecule has 15 aromatic heterocycles. The van der Waals surface area contributed by atoms with E-state index in [0.717, 1.165) is 192 Å². The number of aliphatic hydroxyl groups is 9. The summed E-state index contributed by atoms with van der Waals surface area (Å²) < 4.78 is 18.8. The van der Waals surface area contributed by atoms with Crippen molar-refractivity contribution >= 4 is 131 Å². The summed E-state index contributed by atoms with van der Waals surface area (Å²) in [5.41, 5.74) is 17.4. The first kappa shape index (κ1) is 106. The van der Waals surface area contributed by atoms with E-state index in [-0.39, 0.29) is 30.0 Å². The normalized spacial score (nSPS) is 21.2. The number of aromatic nitrogens is 15. The molecule has 9 unspecified atom stereocenters. The van der Waals surface area contributed by atoms with Gasteiger partial charge in [-0.3, -0.25) is 22.0 Å². The minimum Gasteiger partial charge on any atom is -0.393 e. The van der Waals surface area contributed by atoms with E-state index >= 15 is 0 Å². The van der Waals surface area contributed by atoms with Crippen LogP contribution >= 0.6 is 92.8 Å². The molecule has 0 bridgehead atoms. The molecule has 0 saturated heterocycles. The van der Waals surface area contributed by atoms with Crippen LogP contribution in [-0.2, 0) is 0 Å². The molecule has 9 fully saturated rings. The number of aliphatic hydroxyl groups excluding tert-OH is 9. The minimum atomic E-state index is -0.603. The Kier molecular flexibility index (Phi) is 35.8. The third-order valence-electron chi connectivity index (χ3n) is 32.1. The number of hydrogen-bond acceptors (Lipinski definition) is 18. The maximum atomic E-state index is 11.2. The van der Waals surface area contributed by atoms with E-state index in [2.05, 4.69) is 74.8 Å². The number of rotatable bonds is 19. The summed E-state index contributed by atoms with van der Waals surface area (Å²) in [5, 5.41) is 103. The van der Waals surface area contributed by atoms with E-state index in [4.69, 9.17) is 97.3 Å². The van der Waals surface area contributed by atoms with Gasteiger partial charge in [-0.2, -0.15) is 0 Å². The second-order valence-corrected chi connectivity index (χ2v) is 45.0. The summed E-state index contributed by atoms with van der Waals surface area (Å²) in [6.45, 7) is 3.87. The Hall–Kier alpha value is -8.00. The molecule has 0 aliphatic heterocycles. The van der Waals surface area contributed by atoms with Gasteiger partial charge in [0, 0.05) is 17.0 Å². The van der Waals surface area contributed by atoms with Gasteiger partial charge in [-0.25, -0.2) is 34.9 Å². The van der Waals surface area contributed by atoms with Crippen LogP contribution < -0.4 is 0 Å². The molecule has 9 aliphatic rings. The lowest BCUT2D eigenvalue weighted by molar-refractivity contribution is -0.0161. The SMILES string of the molecule is Cc1noc(C)c1-c1ccc2cncn2c1C(O)C1CCCCC1.OC(CC1CCCCC1)c1c(Cl)c(Cl)cc2cncn12.OC(CC1CCCCC1)c1cc(Cl)c(Cl)c2cncn12.OC(c1c(Cl)c(Cl)cc2cncn12)C1CCCCC1.OC(c1cc(Cl)c(Cl)c2cncn12)C1CCCCC1.OC1CCC(C(O)c2c(C3CC3)ccc3cncn23)CC1.OC1CCCCC1C(O)c1c(C2CC2)ccc2cncn12.